The van der Waals surface area contributed by atoms with Crippen molar-refractivity contribution >= 4 is 32.6 Å². The van der Waals surface area contributed by atoms with Crippen molar-refractivity contribution in [3.05, 3.63) is 35.6 Å². The van der Waals surface area contributed by atoms with Crippen LogP contribution in [0.3, 0.4) is 0 Å². The van der Waals surface area contributed by atoms with Crippen LogP contribution in [0.4, 0.5) is 10.1 Å². The van der Waals surface area contributed by atoms with Crippen molar-refractivity contribution in [2.24, 2.45) is 0 Å². The molecule has 0 atom stereocenters. The molecule has 1 aliphatic rings. The van der Waals surface area contributed by atoms with Gasteiger partial charge in [-0.1, -0.05) is 12.1 Å². The van der Waals surface area contributed by atoms with Crippen LogP contribution >= 0.6 is 0 Å². The van der Waals surface area contributed by atoms with Crippen LogP contribution in [0.1, 0.15) is 25.8 Å². The molecular weight excluding hydrogens is 375 g/mol. The van der Waals surface area contributed by atoms with Crippen LogP contribution in [0.5, 0.6) is 5.75 Å². The standard InChI is InChI=1S/C18H21FN2O5S/c1-11(2)26-7-3-4-12-5-6-13-9-15(22)18(17(19)14(13)8-12)21-10-16(23)20-27(21,24)25/h5-6,8-9,11,22H,3-4,7,10H2,1-2H3,(H,20,23). The lowest BCUT2D eigenvalue weighted by Crippen LogP contribution is -2.30. The molecule has 0 radical (unpaired) electrons. The number of ether oxygens (including phenoxy) is 1. The summed E-state index contributed by atoms with van der Waals surface area (Å²) in [5, 5.41) is 10.8. The maximum absolute atomic E-state index is 15.1. The van der Waals surface area contributed by atoms with Crippen molar-refractivity contribution in [1.82, 2.24) is 4.72 Å². The first-order valence-electron chi connectivity index (χ1n) is 8.58. The van der Waals surface area contributed by atoms with Crippen molar-refractivity contribution < 1.29 is 27.4 Å². The molecule has 146 valence electrons. The van der Waals surface area contributed by atoms with Gasteiger partial charge in [0.25, 0.3) is 5.91 Å². The molecular formula is C18H21FN2O5S. The molecule has 1 heterocycles. The molecule has 1 amide bonds. The Labute approximate surface area is 156 Å². The Balaban J connectivity index is 1.95. The molecule has 1 fully saturated rings. The summed E-state index contributed by atoms with van der Waals surface area (Å²) < 4.78 is 46.9. The van der Waals surface area contributed by atoms with Crippen LogP contribution in [0.2, 0.25) is 0 Å². The number of aryl methyl sites for hydroxylation is 1. The molecule has 27 heavy (non-hydrogen) atoms. The fourth-order valence-electron chi connectivity index (χ4n) is 3.01. The largest absolute Gasteiger partial charge is 0.506 e. The van der Waals surface area contributed by atoms with Gasteiger partial charge < -0.3 is 9.84 Å². The SMILES string of the molecule is CC(C)OCCCc1ccc2cc(O)c(N3CC(=O)NS3(=O)=O)c(F)c2c1. The number of aromatic hydroxyl groups is 1. The third kappa shape index (κ3) is 3.98. The zero-order chi connectivity index (χ0) is 19.8. The van der Waals surface area contributed by atoms with E-state index in [0.717, 1.165) is 12.0 Å². The summed E-state index contributed by atoms with van der Waals surface area (Å²) in [6.45, 7) is 3.90. The molecule has 2 aromatic rings. The van der Waals surface area contributed by atoms with Crippen molar-refractivity contribution in [2.45, 2.75) is 32.8 Å². The number of phenolic OH excluding ortho intramolecular Hbond substituents is 1. The van der Waals surface area contributed by atoms with Gasteiger partial charge in [0.1, 0.15) is 18.0 Å². The van der Waals surface area contributed by atoms with Gasteiger partial charge in [-0.3, -0.25) is 4.79 Å². The van der Waals surface area contributed by atoms with E-state index in [1.54, 1.807) is 16.9 Å². The van der Waals surface area contributed by atoms with Crippen LogP contribution in [-0.2, 0) is 26.2 Å². The van der Waals surface area contributed by atoms with Gasteiger partial charge in [-0.2, -0.15) is 8.42 Å². The van der Waals surface area contributed by atoms with E-state index >= 15 is 4.39 Å². The van der Waals surface area contributed by atoms with E-state index in [4.69, 9.17) is 4.74 Å². The highest BCUT2D eigenvalue weighted by Crippen LogP contribution is 2.38. The molecule has 7 nitrogen and oxygen atoms in total. The summed E-state index contributed by atoms with van der Waals surface area (Å²) in [5.74, 6) is -2.21. The number of fused-ring (bicyclic) bond motifs is 1. The molecule has 0 aliphatic carbocycles. The summed E-state index contributed by atoms with van der Waals surface area (Å²) >= 11 is 0. The number of hydrogen-bond acceptors (Lipinski definition) is 5. The average molecular weight is 396 g/mol. The number of nitrogens with zero attached hydrogens (tertiary/aromatic N) is 1. The molecule has 2 aromatic carbocycles. The van der Waals surface area contributed by atoms with E-state index < -0.39 is 39.9 Å². The van der Waals surface area contributed by atoms with Crippen molar-refractivity contribution in [3.63, 3.8) is 0 Å². The van der Waals surface area contributed by atoms with E-state index in [-0.39, 0.29) is 11.5 Å². The maximum atomic E-state index is 15.1. The minimum absolute atomic E-state index is 0.142. The van der Waals surface area contributed by atoms with E-state index in [9.17, 15) is 18.3 Å². The summed E-state index contributed by atoms with van der Waals surface area (Å²) in [6, 6.07) is 6.41. The summed E-state index contributed by atoms with van der Waals surface area (Å²) in [7, 11) is -4.22. The minimum Gasteiger partial charge on any atom is -0.506 e. The Morgan fingerprint density at radius 2 is 2.07 bits per heavy atom. The number of carbonyl (C=O) groups excluding carboxylic acids is 1. The summed E-state index contributed by atoms with van der Waals surface area (Å²) in [4.78, 5) is 11.4. The number of nitrogens with one attached hydrogen (secondary N) is 1. The third-order valence-corrected chi connectivity index (χ3v) is 5.61. The Morgan fingerprint density at radius 3 is 2.70 bits per heavy atom. The number of rotatable bonds is 6. The molecule has 1 saturated heterocycles. The number of anilines is 1. The topological polar surface area (TPSA) is 95.9 Å². The van der Waals surface area contributed by atoms with Gasteiger partial charge in [0, 0.05) is 12.0 Å². The Morgan fingerprint density at radius 1 is 1.33 bits per heavy atom. The van der Waals surface area contributed by atoms with Crippen molar-refractivity contribution in [2.75, 3.05) is 17.5 Å². The molecule has 9 heteroatoms. The number of benzene rings is 2. The molecule has 3 rings (SSSR count). The van der Waals surface area contributed by atoms with Crippen LogP contribution in [0.25, 0.3) is 10.8 Å². The minimum atomic E-state index is -4.22. The first-order valence-corrected chi connectivity index (χ1v) is 10.0. The summed E-state index contributed by atoms with van der Waals surface area (Å²) in [6.07, 6.45) is 1.57. The second-order valence-corrected chi connectivity index (χ2v) is 8.27. The van der Waals surface area contributed by atoms with Crippen molar-refractivity contribution in [1.29, 1.82) is 0 Å². The van der Waals surface area contributed by atoms with Gasteiger partial charge in [-0.15, -0.1) is 0 Å². The Hall–Kier alpha value is -2.39. The third-order valence-electron chi connectivity index (χ3n) is 4.23. The number of phenols is 1. The molecule has 1 aliphatic heterocycles. The molecule has 0 aromatic heterocycles. The number of hydrogen-bond donors (Lipinski definition) is 2. The molecule has 0 spiro atoms. The first kappa shape index (κ1) is 19.4. The van der Waals surface area contributed by atoms with E-state index in [0.29, 0.717) is 22.7 Å². The fraction of sp³-hybridized carbons (Fsp3) is 0.389. The van der Waals surface area contributed by atoms with Crippen LogP contribution in [0.15, 0.2) is 24.3 Å². The van der Waals surface area contributed by atoms with Gasteiger partial charge in [-0.25, -0.2) is 13.4 Å². The monoisotopic (exact) mass is 396 g/mol. The highest BCUT2D eigenvalue weighted by Gasteiger charge is 2.37. The molecule has 0 saturated carbocycles. The second-order valence-electron chi connectivity index (χ2n) is 6.67. The van der Waals surface area contributed by atoms with Gasteiger partial charge >= 0.3 is 10.2 Å². The van der Waals surface area contributed by atoms with Gasteiger partial charge in [0.2, 0.25) is 0 Å². The highest BCUT2D eigenvalue weighted by molar-refractivity contribution is 7.92. The van der Waals surface area contributed by atoms with E-state index in [1.165, 1.54) is 6.07 Å². The normalized spacial score (nSPS) is 16.3. The molecule has 0 bridgehead atoms. The quantitative estimate of drug-likeness (QED) is 0.730. The zero-order valence-corrected chi connectivity index (χ0v) is 15.8. The second kappa shape index (κ2) is 7.32. The van der Waals surface area contributed by atoms with Crippen LogP contribution < -0.4 is 9.03 Å². The first-order chi connectivity index (χ1) is 12.7. The molecule has 2 N–H and O–H groups in total. The van der Waals surface area contributed by atoms with Gasteiger partial charge in [0.05, 0.1) is 6.10 Å². The van der Waals surface area contributed by atoms with Crippen LogP contribution in [0, 0.1) is 5.82 Å². The van der Waals surface area contributed by atoms with Crippen LogP contribution in [-0.4, -0.2) is 38.7 Å². The maximum Gasteiger partial charge on any atom is 0.326 e. The smallest absolute Gasteiger partial charge is 0.326 e. The summed E-state index contributed by atoms with van der Waals surface area (Å²) in [5.41, 5.74) is 0.338. The average Bonchev–Trinajstić information content (AvgIpc) is 2.84. The lowest BCUT2D eigenvalue weighted by Gasteiger charge is -2.18. The fourth-order valence-corrected chi connectivity index (χ4v) is 4.17. The Kier molecular flexibility index (Phi) is 5.25. The lowest BCUT2D eigenvalue weighted by atomic mass is 10.0. The zero-order valence-electron chi connectivity index (χ0n) is 15.0. The van der Waals surface area contributed by atoms with E-state index in [1.807, 2.05) is 19.9 Å². The highest BCUT2D eigenvalue weighted by atomic mass is 32.2. The van der Waals surface area contributed by atoms with E-state index in [2.05, 4.69) is 0 Å². The predicted molar refractivity (Wildman–Crippen MR) is 99.4 cm³/mol. The number of carbonyl (C=O) groups is 1. The Bertz CT molecular complexity index is 991. The van der Waals surface area contributed by atoms with Gasteiger partial charge in [-0.05, 0) is 49.8 Å². The van der Waals surface area contributed by atoms with Gasteiger partial charge in [0.15, 0.2) is 5.82 Å². The lowest BCUT2D eigenvalue weighted by molar-refractivity contribution is -0.117. The molecule has 0 unspecified atom stereocenters. The predicted octanol–water partition coefficient (Wildman–Crippen LogP) is 2.22. The number of halogens is 1. The van der Waals surface area contributed by atoms with Crippen molar-refractivity contribution in [3.8, 4) is 5.75 Å². The number of amides is 1.